The van der Waals surface area contributed by atoms with E-state index >= 15 is 0 Å². The summed E-state index contributed by atoms with van der Waals surface area (Å²) in [6.45, 7) is 11.7. The van der Waals surface area contributed by atoms with Crippen LogP contribution in [-0.4, -0.2) is 12.3 Å². The van der Waals surface area contributed by atoms with Gasteiger partial charge in [-0.25, -0.2) is 0 Å². The van der Waals surface area contributed by atoms with Gasteiger partial charge in [0.15, 0.2) is 5.78 Å². The van der Waals surface area contributed by atoms with Gasteiger partial charge in [-0.15, -0.1) is 0 Å². The average molecular weight is 289 g/mol. The molecule has 21 heavy (non-hydrogen) atoms. The van der Waals surface area contributed by atoms with Gasteiger partial charge >= 0.3 is 0 Å². The van der Waals surface area contributed by atoms with Crippen LogP contribution in [0.15, 0.2) is 24.3 Å². The van der Waals surface area contributed by atoms with Crippen molar-refractivity contribution in [2.75, 3.05) is 6.54 Å². The first-order valence-corrected chi connectivity index (χ1v) is 8.09. The fourth-order valence-corrected chi connectivity index (χ4v) is 2.72. The van der Waals surface area contributed by atoms with Gasteiger partial charge in [-0.3, -0.25) is 4.79 Å². The lowest BCUT2D eigenvalue weighted by molar-refractivity contribution is 0.0957. The fraction of sp³-hybridized carbons (Fsp3) is 0.632. The Morgan fingerprint density at radius 3 is 2.10 bits per heavy atom. The molecule has 1 unspecified atom stereocenters. The molecule has 2 heteroatoms. The highest BCUT2D eigenvalue weighted by Crippen LogP contribution is 2.32. The van der Waals surface area contributed by atoms with Crippen molar-refractivity contribution in [1.82, 2.24) is 0 Å². The molecule has 1 aromatic rings. The van der Waals surface area contributed by atoms with Crippen LogP contribution in [-0.2, 0) is 0 Å². The quantitative estimate of drug-likeness (QED) is 0.734. The van der Waals surface area contributed by atoms with Gasteiger partial charge in [0.2, 0.25) is 0 Å². The van der Waals surface area contributed by atoms with E-state index in [-0.39, 0.29) is 11.2 Å². The van der Waals surface area contributed by atoms with E-state index in [1.54, 1.807) is 0 Å². The van der Waals surface area contributed by atoms with Crippen molar-refractivity contribution in [1.29, 1.82) is 0 Å². The molecular formula is C19H31NO. The molecule has 0 aliphatic heterocycles. The standard InChI is InChI=1S/C19H31NO/c1-14(2)15-6-8-16(9-7-15)18(21)11-10-17(12-13-20)19(3,4)5/h6-9,14,17H,10-13,20H2,1-5H3. The number of hydrogen-bond donors (Lipinski definition) is 1. The number of ketones is 1. The summed E-state index contributed by atoms with van der Waals surface area (Å²) in [4.78, 5) is 12.3. The molecule has 0 saturated carbocycles. The molecule has 2 N–H and O–H groups in total. The lowest BCUT2D eigenvalue weighted by Gasteiger charge is -2.30. The second-order valence-electron chi connectivity index (χ2n) is 7.38. The number of carbonyl (C=O) groups excluding carboxylic acids is 1. The van der Waals surface area contributed by atoms with Crippen LogP contribution in [0.25, 0.3) is 0 Å². The summed E-state index contributed by atoms with van der Waals surface area (Å²) < 4.78 is 0. The third-order valence-electron chi connectivity index (χ3n) is 4.36. The van der Waals surface area contributed by atoms with Crippen LogP contribution in [0.5, 0.6) is 0 Å². The molecule has 118 valence electrons. The minimum absolute atomic E-state index is 0.209. The van der Waals surface area contributed by atoms with Gasteiger partial charge in [-0.1, -0.05) is 58.9 Å². The zero-order valence-electron chi connectivity index (χ0n) is 14.3. The number of hydrogen-bond acceptors (Lipinski definition) is 2. The highest BCUT2D eigenvalue weighted by atomic mass is 16.1. The van der Waals surface area contributed by atoms with Gasteiger partial charge in [0, 0.05) is 12.0 Å². The molecule has 0 aromatic heterocycles. The maximum Gasteiger partial charge on any atom is 0.162 e. The Morgan fingerprint density at radius 2 is 1.67 bits per heavy atom. The third kappa shape index (κ3) is 5.62. The Balaban J connectivity index is 2.64. The van der Waals surface area contributed by atoms with E-state index in [1.165, 1.54) is 5.56 Å². The Hall–Kier alpha value is -1.15. The van der Waals surface area contributed by atoms with Gasteiger partial charge in [-0.2, -0.15) is 0 Å². The van der Waals surface area contributed by atoms with E-state index in [4.69, 9.17) is 5.73 Å². The molecule has 0 radical (unpaired) electrons. The van der Waals surface area contributed by atoms with Crippen LogP contribution in [0.4, 0.5) is 0 Å². The molecule has 0 aliphatic rings. The first-order chi connectivity index (χ1) is 9.75. The lowest BCUT2D eigenvalue weighted by Crippen LogP contribution is -2.24. The summed E-state index contributed by atoms with van der Waals surface area (Å²) in [5.41, 5.74) is 8.03. The Morgan fingerprint density at radius 1 is 1.10 bits per heavy atom. The van der Waals surface area contributed by atoms with Crippen LogP contribution in [0, 0.1) is 11.3 Å². The summed E-state index contributed by atoms with van der Waals surface area (Å²) in [6, 6.07) is 8.07. The number of rotatable bonds is 7. The Bertz CT molecular complexity index is 440. The molecule has 0 fully saturated rings. The van der Waals surface area contributed by atoms with Crippen LogP contribution in [0.3, 0.4) is 0 Å². The third-order valence-corrected chi connectivity index (χ3v) is 4.36. The van der Waals surface area contributed by atoms with Crippen molar-refractivity contribution >= 4 is 5.78 Å². The number of benzene rings is 1. The van der Waals surface area contributed by atoms with Crippen molar-refractivity contribution in [2.45, 2.75) is 59.8 Å². The minimum Gasteiger partial charge on any atom is -0.330 e. The van der Waals surface area contributed by atoms with Crippen molar-refractivity contribution in [3.05, 3.63) is 35.4 Å². The van der Waals surface area contributed by atoms with Gasteiger partial charge in [0.25, 0.3) is 0 Å². The highest BCUT2D eigenvalue weighted by molar-refractivity contribution is 5.96. The van der Waals surface area contributed by atoms with Crippen molar-refractivity contribution < 1.29 is 4.79 Å². The molecule has 2 nitrogen and oxygen atoms in total. The van der Waals surface area contributed by atoms with Gasteiger partial charge < -0.3 is 5.73 Å². The predicted octanol–water partition coefficient (Wildman–Crippen LogP) is 4.78. The van der Waals surface area contributed by atoms with Crippen molar-refractivity contribution in [3.8, 4) is 0 Å². The van der Waals surface area contributed by atoms with Crippen LogP contribution in [0.2, 0.25) is 0 Å². The smallest absolute Gasteiger partial charge is 0.162 e. The molecule has 0 spiro atoms. The highest BCUT2D eigenvalue weighted by Gasteiger charge is 2.24. The SMILES string of the molecule is CC(C)c1ccc(C(=O)CCC(CCN)C(C)(C)C)cc1. The van der Waals surface area contributed by atoms with Gasteiger partial charge in [-0.05, 0) is 42.2 Å². The molecule has 1 aromatic carbocycles. The topological polar surface area (TPSA) is 43.1 Å². The monoisotopic (exact) mass is 289 g/mol. The Labute approximate surface area is 130 Å². The lowest BCUT2D eigenvalue weighted by atomic mass is 9.75. The summed E-state index contributed by atoms with van der Waals surface area (Å²) in [5.74, 6) is 1.25. The van der Waals surface area contributed by atoms with Crippen molar-refractivity contribution in [2.24, 2.45) is 17.1 Å². The van der Waals surface area contributed by atoms with Crippen LogP contribution < -0.4 is 5.73 Å². The Kier molecular flexibility index (Phi) is 6.60. The molecular weight excluding hydrogens is 258 g/mol. The molecule has 0 amide bonds. The van der Waals surface area contributed by atoms with Gasteiger partial charge in [0.1, 0.15) is 0 Å². The van der Waals surface area contributed by atoms with E-state index in [2.05, 4.69) is 46.8 Å². The van der Waals surface area contributed by atoms with Gasteiger partial charge in [0.05, 0.1) is 0 Å². The van der Waals surface area contributed by atoms with Crippen LogP contribution >= 0.6 is 0 Å². The number of nitrogens with two attached hydrogens (primary N) is 1. The normalized spacial score (nSPS) is 13.5. The fourth-order valence-electron chi connectivity index (χ4n) is 2.72. The predicted molar refractivity (Wildman–Crippen MR) is 90.7 cm³/mol. The summed E-state index contributed by atoms with van der Waals surface area (Å²) >= 11 is 0. The van der Waals surface area contributed by atoms with E-state index in [1.807, 2.05) is 12.1 Å². The van der Waals surface area contributed by atoms with E-state index in [0.717, 1.165) is 18.4 Å². The minimum atomic E-state index is 0.209. The van der Waals surface area contributed by atoms with E-state index < -0.39 is 0 Å². The summed E-state index contributed by atoms with van der Waals surface area (Å²) in [7, 11) is 0. The first kappa shape index (κ1) is 17.9. The van der Waals surface area contributed by atoms with E-state index in [9.17, 15) is 4.79 Å². The summed E-state index contributed by atoms with van der Waals surface area (Å²) in [5, 5.41) is 0. The second-order valence-corrected chi connectivity index (χ2v) is 7.38. The van der Waals surface area contributed by atoms with Crippen molar-refractivity contribution in [3.63, 3.8) is 0 Å². The first-order valence-electron chi connectivity index (χ1n) is 8.09. The zero-order chi connectivity index (χ0) is 16.0. The largest absolute Gasteiger partial charge is 0.330 e. The second kappa shape index (κ2) is 7.74. The zero-order valence-corrected chi connectivity index (χ0v) is 14.3. The summed E-state index contributed by atoms with van der Waals surface area (Å²) in [6.07, 6.45) is 2.53. The average Bonchev–Trinajstić information content (AvgIpc) is 2.42. The number of Topliss-reactive ketones (excluding diaryl/α,β-unsaturated/α-hetero) is 1. The molecule has 1 atom stereocenters. The maximum absolute atomic E-state index is 12.3. The van der Waals surface area contributed by atoms with Crippen LogP contribution in [0.1, 0.15) is 75.7 Å². The molecule has 1 rings (SSSR count). The molecule has 0 heterocycles. The number of carbonyl (C=O) groups is 1. The molecule has 0 aliphatic carbocycles. The molecule has 0 bridgehead atoms. The van der Waals surface area contributed by atoms with E-state index in [0.29, 0.717) is 24.8 Å². The maximum atomic E-state index is 12.3. The molecule has 0 saturated heterocycles.